The summed E-state index contributed by atoms with van der Waals surface area (Å²) in [6, 6.07) is 0. The predicted molar refractivity (Wildman–Crippen MR) is 135 cm³/mol. The van der Waals surface area contributed by atoms with E-state index < -0.39 is 0 Å². The molecule has 0 aromatic carbocycles. The molecule has 0 unspecified atom stereocenters. The van der Waals surface area contributed by atoms with E-state index in [4.69, 9.17) is 16.2 Å². The fourth-order valence-electron chi connectivity index (χ4n) is 3.46. The van der Waals surface area contributed by atoms with Gasteiger partial charge in [-0.25, -0.2) is 4.98 Å². The van der Waals surface area contributed by atoms with Gasteiger partial charge in [0.2, 0.25) is 11.9 Å². The SMILES string of the molecule is CC(C)(CNC(=O)CCCn1c(N)nc2c(nc(Br)n2CCO)c1=O)COC(C)(C)CCCN. The van der Waals surface area contributed by atoms with Crippen molar-refractivity contribution >= 4 is 38.9 Å². The number of nitrogens with one attached hydrogen (secondary N) is 1. The van der Waals surface area contributed by atoms with Gasteiger partial charge in [0.25, 0.3) is 5.56 Å². The number of nitrogen functional groups attached to an aromatic ring is 1. The molecule has 1 amide bonds. The van der Waals surface area contributed by atoms with Crippen molar-refractivity contribution in [1.82, 2.24) is 24.4 Å². The van der Waals surface area contributed by atoms with Gasteiger partial charge in [-0.1, -0.05) is 13.8 Å². The summed E-state index contributed by atoms with van der Waals surface area (Å²) in [7, 11) is 0. The number of halogens is 1. The minimum atomic E-state index is -0.379. The minimum absolute atomic E-state index is 0.0417. The first-order chi connectivity index (χ1) is 15.9. The summed E-state index contributed by atoms with van der Waals surface area (Å²) in [5, 5.41) is 12.2. The molecule has 34 heavy (non-hydrogen) atoms. The van der Waals surface area contributed by atoms with E-state index in [-0.39, 0.29) is 60.1 Å². The largest absolute Gasteiger partial charge is 0.395 e. The van der Waals surface area contributed by atoms with E-state index in [0.29, 0.717) is 36.5 Å². The number of aliphatic hydroxyl groups is 1. The Balaban J connectivity index is 1.88. The molecule has 2 rings (SSSR count). The molecule has 0 aliphatic rings. The van der Waals surface area contributed by atoms with E-state index in [0.717, 1.165) is 12.8 Å². The molecule has 6 N–H and O–H groups in total. The number of ether oxygens (including phenoxy) is 1. The lowest BCUT2D eigenvalue weighted by molar-refractivity contribution is -0.122. The fraction of sp³-hybridized carbons (Fsp3) is 0.727. The minimum Gasteiger partial charge on any atom is -0.395 e. The molecule has 0 saturated carbocycles. The van der Waals surface area contributed by atoms with Crippen LogP contribution in [0.2, 0.25) is 0 Å². The van der Waals surface area contributed by atoms with Gasteiger partial charge in [0, 0.05) is 31.5 Å². The molecule has 2 heterocycles. The van der Waals surface area contributed by atoms with Crippen molar-refractivity contribution < 1.29 is 14.6 Å². The third-order valence-corrected chi connectivity index (χ3v) is 6.15. The number of nitrogens with zero attached hydrogens (tertiary/aromatic N) is 4. The first-order valence-corrected chi connectivity index (χ1v) is 12.3. The highest BCUT2D eigenvalue weighted by Crippen LogP contribution is 2.22. The van der Waals surface area contributed by atoms with Crippen LogP contribution in [-0.4, -0.2) is 62.0 Å². The van der Waals surface area contributed by atoms with Crippen molar-refractivity contribution in [2.45, 2.75) is 72.1 Å². The summed E-state index contributed by atoms with van der Waals surface area (Å²) in [5.41, 5.74) is 11.2. The van der Waals surface area contributed by atoms with Gasteiger partial charge in [-0.2, -0.15) is 4.98 Å². The second kappa shape index (κ2) is 12.1. The van der Waals surface area contributed by atoms with E-state index in [1.54, 1.807) is 4.57 Å². The molecule has 0 aliphatic heterocycles. The maximum Gasteiger partial charge on any atom is 0.283 e. The number of carbonyl (C=O) groups excluding carboxylic acids is 1. The standard InChI is InChI=1S/C22H38BrN7O4/c1-21(2,14-34-22(3,4)8-6-9-24)13-26-15(32)7-5-10-30-18(33)16-17(28-20(30)25)29(11-12-31)19(23)27-16/h31H,5-14,24H2,1-4H3,(H2,25,28)(H,26,32). The molecule has 11 nitrogen and oxygen atoms in total. The maximum absolute atomic E-state index is 12.8. The molecule has 2 aromatic rings. The number of anilines is 1. The zero-order valence-corrected chi connectivity index (χ0v) is 22.2. The molecular weight excluding hydrogens is 506 g/mol. The van der Waals surface area contributed by atoms with Crippen LogP contribution in [0.25, 0.3) is 11.2 Å². The van der Waals surface area contributed by atoms with Crippen LogP contribution in [0.4, 0.5) is 5.95 Å². The normalized spacial score (nSPS) is 12.4. The van der Waals surface area contributed by atoms with Gasteiger partial charge in [-0.05, 0) is 55.6 Å². The average molecular weight is 544 g/mol. The molecule has 0 radical (unpaired) electrons. The van der Waals surface area contributed by atoms with Crippen LogP contribution >= 0.6 is 15.9 Å². The van der Waals surface area contributed by atoms with Crippen molar-refractivity contribution in [3.05, 3.63) is 15.1 Å². The number of rotatable bonds is 14. The van der Waals surface area contributed by atoms with Crippen LogP contribution in [-0.2, 0) is 22.6 Å². The summed E-state index contributed by atoms with van der Waals surface area (Å²) in [6.45, 7) is 10.2. The Morgan fingerprint density at radius 3 is 2.53 bits per heavy atom. The lowest BCUT2D eigenvalue weighted by Gasteiger charge is -2.32. The number of aromatic nitrogens is 4. The Morgan fingerprint density at radius 2 is 1.88 bits per heavy atom. The number of amides is 1. The number of imidazole rings is 1. The van der Waals surface area contributed by atoms with Crippen molar-refractivity contribution in [3.63, 3.8) is 0 Å². The quantitative estimate of drug-likeness (QED) is 0.259. The first kappa shape index (κ1) is 28.2. The van der Waals surface area contributed by atoms with E-state index in [1.165, 1.54) is 4.57 Å². The highest BCUT2D eigenvalue weighted by atomic mass is 79.9. The van der Waals surface area contributed by atoms with E-state index >= 15 is 0 Å². The van der Waals surface area contributed by atoms with E-state index in [2.05, 4.69) is 31.2 Å². The van der Waals surface area contributed by atoms with Crippen molar-refractivity contribution in [1.29, 1.82) is 0 Å². The van der Waals surface area contributed by atoms with E-state index in [9.17, 15) is 14.7 Å². The van der Waals surface area contributed by atoms with Crippen LogP contribution in [0.1, 0.15) is 53.4 Å². The van der Waals surface area contributed by atoms with Gasteiger partial charge in [0.1, 0.15) is 0 Å². The highest BCUT2D eigenvalue weighted by molar-refractivity contribution is 9.10. The van der Waals surface area contributed by atoms with Gasteiger partial charge in [0.15, 0.2) is 15.9 Å². The van der Waals surface area contributed by atoms with Gasteiger partial charge < -0.3 is 31.2 Å². The van der Waals surface area contributed by atoms with Crippen LogP contribution in [0.5, 0.6) is 0 Å². The zero-order chi connectivity index (χ0) is 25.5. The Morgan fingerprint density at radius 1 is 1.18 bits per heavy atom. The monoisotopic (exact) mass is 543 g/mol. The smallest absolute Gasteiger partial charge is 0.283 e. The third kappa shape index (κ3) is 7.76. The molecular formula is C22H38BrN7O4. The molecule has 0 aliphatic carbocycles. The number of aliphatic hydroxyl groups excluding tert-OH is 1. The Kier molecular flexibility index (Phi) is 10.0. The molecule has 12 heteroatoms. The molecule has 0 bridgehead atoms. The summed E-state index contributed by atoms with van der Waals surface area (Å²) in [6.07, 6.45) is 2.45. The summed E-state index contributed by atoms with van der Waals surface area (Å²) in [5.74, 6) is -0.0638. The Bertz CT molecular complexity index is 1030. The maximum atomic E-state index is 12.8. The van der Waals surface area contributed by atoms with Gasteiger partial charge in [0.05, 0.1) is 18.8 Å². The number of fused-ring (bicyclic) bond motifs is 1. The van der Waals surface area contributed by atoms with Crippen LogP contribution < -0.4 is 22.3 Å². The fourth-order valence-corrected chi connectivity index (χ4v) is 3.98. The summed E-state index contributed by atoms with van der Waals surface area (Å²) >= 11 is 3.28. The van der Waals surface area contributed by atoms with E-state index in [1.807, 2.05) is 27.7 Å². The number of carbonyl (C=O) groups is 1. The lowest BCUT2D eigenvalue weighted by atomic mass is 9.93. The molecule has 0 atom stereocenters. The molecule has 0 fully saturated rings. The second-order valence-electron chi connectivity index (χ2n) is 9.84. The molecule has 0 spiro atoms. The Labute approximate surface area is 208 Å². The number of hydrogen-bond donors (Lipinski definition) is 4. The molecule has 0 saturated heterocycles. The number of hydrogen-bond acceptors (Lipinski definition) is 8. The van der Waals surface area contributed by atoms with Crippen LogP contribution in [0.3, 0.4) is 0 Å². The third-order valence-electron chi connectivity index (χ3n) is 5.55. The summed E-state index contributed by atoms with van der Waals surface area (Å²) < 4.78 is 9.36. The topological polar surface area (TPSA) is 163 Å². The first-order valence-electron chi connectivity index (χ1n) is 11.5. The highest BCUT2D eigenvalue weighted by Gasteiger charge is 2.25. The van der Waals surface area contributed by atoms with Crippen molar-refractivity contribution in [3.8, 4) is 0 Å². The second-order valence-corrected chi connectivity index (χ2v) is 10.5. The lowest BCUT2D eigenvalue weighted by Crippen LogP contribution is -2.39. The zero-order valence-electron chi connectivity index (χ0n) is 20.6. The average Bonchev–Trinajstić information content (AvgIpc) is 3.08. The number of nitrogens with two attached hydrogens (primary N) is 2. The van der Waals surface area contributed by atoms with Gasteiger partial charge >= 0.3 is 0 Å². The van der Waals surface area contributed by atoms with Gasteiger partial charge in [-0.3, -0.25) is 14.2 Å². The van der Waals surface area contributed by atoms with Crippen molar-refractivity contribution in [2.24, 2.45) is 11.1 Å². The molecule has 192 valence electrons. The molecule has 2 aromatic heterocycles. The summed E-state index contributed by atoms with van der Waals surface area (Å²) in [4.78, 5) is 33.7. The van der Waals surface area contributed by atoms with Crippen LogP contribution in [0, 0.1) is 5.41 Å². The van der Waals surface area contributed by atoms with Crippen LogP contribution in [0.15, 0.2) is 9.53 Å². The Hall–Kier alpha value is -2.02. The van der Waals surface area contributed by atoms with Crippen molar-refractivity contribution in [2.75, 3.05) is 32.0 Å². The van der Waals surface area contributed by atoms with Gasteiger partial charge in [-0.15, -0.1) is 0 Å². The predicted octanol–water partition coefficient (Wildman–Crippen LogP) is 1.39.